The van der Waals surface area contributed by atoms with Crippen LogP contribution in [0.15, 0.2) is 18.2 Å². The smallest absolute Gasteiger partial charge is 0.254 e. The number of hydrogen-bond donors (Lipinski definition) is 1. The van der Waals surface area contributed by atoms with E-state index in [1.54, 1.807) is 11.0 Å². The monoisotopic (exact) mass is 263 g/mol. The van der Waals surface area contributed by atoms with E-state index < -0.39 is 0 Å². The molecule has 1 aliphatic heterocycles. The Morgan fingerprint density at radius 1 is 1.37 bits per heavy atom. The van der Waals surface area contributed by atoms with Gasteiger partial charge in [0, 0.05) is 24.6 Å². The predicted molar refractivity (Wildman–Crippen MR) is 69.3 cm³/mol. The van der Waals surface area contributed by atoms with Crippen LogP contribution < -0.4 is 0 Å². The van der Waals surface area contributed by atoms with E-state index in [-0.39, 0.29) is 23.7 Å². The van der Waals surface area contributed by atoms with Crippen LogP contribution in [0.4, 0.5) is 4.39 Å². The molecule has 1 amide bonds. The Morgan fingerprint density at radius 2 is 2.16 bits per heavy atom. The Morgan fingerprint density at radius 3 is 2.89 bits per heavy atom. The van der Waals surface area contributed by atoms with Crippen LogP contribution in [0.2, 0.25) is 0 Å². The second kappa shape index (κ2) is 4.60. The van der Waals surface area contributed by atoms with Crippen LogP contribution in [0.25, 0.3) is 0 Å². The van der Waals surface area contributed by atoms with Crippen molar-refractivity contribution in [3.05, 3.63) is 35.1 Å². The Balaban J connectivity index is 1.80. The van der Waals surface area contributed by atoms with Gasteiger partial charge in [0.1, 0.15) is 5.82 Å². The van der Waals surface area contributed by atoms with E-state index in [0.717, 1.165) is 18.4 Å². The topological polar surface area (TPSA) is 40.5 Å². The Bertz CT molecular complexity index is 517. The predicted octanol–water partition coefficient (Wildman–Crippen LogP) is 1.98. The molecular formula is C15H18FNO2. The molecule has 0 spiro atoms. The third kappa shape index (κ3) is 2.14. The summed E-state index contributed by atoms with van der Waals surface area (Å²) in [6, 6.07) is 4.31. The number of aliphatic hydroxyl groups excluding tert-OH is 1. The highest BCUT2D eigenvalue weighted by Crippen LogP contribution is 2.38. The highest BCUT2D eigenvalue weighted by atomic mass is 19.1. The van der Waals surface area contributed by atoms with Gasteiger partial charge >= 0.3 is 0 Å². The maximum Gasteiger partial charge on any atom is 0.254 e. The average molecular weight is 263 g/mol. The van der Waals surface area contributed by atoms with Gasteiger partial charge in [0.2, 0.25) is 0 Å². The molecule has 3 rings (SSSR count). The Kier molecular flexibility index (Phi) is 3.05. The lowest BCUT2D eigenvalue weighted by molar-refractivity contribution is 0.0751. The molecule has 1 N–H and O–H groups in total. The molecule has 2 fully saturated rings. The maximum absolute atomic E-state index is 13.3. The maximum atomic E-state index is 13.3. The minimum atomic E-state index is -0.381. The normalized spacial score (nSPS) is 29.6. The lowest BCUT2D eigenvalue weighted by Gasteiger charge is -2.19. The van der Waals surface area contributed by atoms with Gasteiger partial charge in [-0.1, -0.05) is 6.07 Å². The van der Waals surface area contributed by atoms with Crippen molar-refractivity contribution in [1.29, 1.82) is 0 Å². The van der Waals surface area contributed by atoms with Crippen molar-refractivity contribution < 1.29 is 14.3 Å². The first-order valence-corrected chi connectivity index (χ1v) is 6.80. The van der Waals surface area contributed by atoms with Gasteiger partial charge in [-0.3, -0.25) is 4.79 Å². The number of fused-ring (bicyclic) bond motifs is 1. The molecule has 1 saturated carbocycles. The van der Waals surface area contributed by atoms with Crippen molar-refractivity contribution in [3.8, 4) is 0 Å². The second-order valence-corrected chi connectivity index (χ2v) is 5.74. The number of benzene rings is 1. The molecule has 1 aliphatic carbocycles. The van der Waals surface area contributed by atoms with Crippen LogP contribution >= 0.6 is 0 Å². The van der Waals surface area contributed by atoms with E-state index in [4.69, 9.17) is 0 Å². The number of amides is 1. The van der Waals surface area contributed by atoms with Crippen LogP contribution in [0, 0.1) is 24.6 Å². The van der Waals surface area contributed by atoms with Crippen LogP contribution in [-0.4, -0.2) is 35.1 Å². The zero-order valence-electron chi connectivity index (χ0n) is 11.0. The first-order valence-electron chi connectivity index (χ1n) is 6.80. The number of halogens is 1. The summed E-state index contributed by atoms with van der Waals surface area (Å²) in [7, 11) is 0. The average Bonchev–Trinajstić information content (AvgIpc) is 2.94. The number of nitrogens with zero attached hydrogens (tertiary/aromatic N) is 1. The van der Waals surface area contributed by atoms with E-state index >= 15 is 0 Å². The fourth-order valence-electron chi connectivity index (χ4n) is 3.40. The first-order chi connectivity index (χ1) is 9.06. The highest BCUT2D eigenvalue weighted by Gasteiger charge is 2.43. The number of rotatable bonds is 1. The molecule has 1 heterocycles. The van der Waals surface area contributed by atoms with Crippen LogP contribution in [0.1, 0.15) is 28.8 Å². The third-order valence-corrected chi connectivity index (χ3v) is 4.54. The quantitative estimate of drug-likeness (QED) is 0.841. The largest absolute Gasteiger partial charge is 0.393 e. The van der Waals surface area contributed by atoms with Crippen molar-refractivity contribution in [1.82, 2.24) is 4.90 Å². The van der Waals surface area contributed by atoms with Crippen molar-refractivity contribution in [2.75, 3.05) is 13.1 Å². The van der Waals surface area contributed by atoms with E-state index in [9.17, 15) is 14.3 Å². The van der Waals surface area contributed by atoms with E-state index in [1.807, 2.05) is 6.92 Å². The molecule has 0 bridgehead atoms. The molecule has 2 aliphatic rings. The van der Waals surface area contributed by atoms with E-state index in [0.29, 0.717) is 24.6 Å². The number of likely N-dealkylation sites (tertiary alicyclic amines) is 1. The van der Waals surface area contributed by atoms with Gasteiger partial charge in [0.25, 0.3) is 5.91 Å². The van der Waals surface area contributed by atoms with Gasteiger partial charge in [0.05, 0.1) is 6.10 Å². The third-order valence-electron chi connectivity index (χ3n) is 4.54. The zero-order chi connectivity index (χ0) is 13.6. The summed E-state index contributed by atoms with van der Waals surface area (Å²) >= 11 is 0. The summed E-state index contributed by atoms with van der Waals surface area (Å²) in [6.07, 6.45) is 1.55. The van der Waals surface area contributed by atoms with Gasteiger partial charge in [-0.15, -0.1) is 0 Å². The summed E-state index contributed by atoms with van der Waals surface area (Å²) in [5, 5.41) is 9.87. The fourth-order valence-corrected chi connectivity index (χ4v) is 3.40. The Labute approximate surface area is 112 Å². The zero-order valence-corrected chi connectivity index (χ0v) is 11.0. The first kappa shape index (κ1) is 12.6. The minimum absolute atomic E-state index is 0.112. The summed E-state index contributed by atoms with van der Waals surface area (Å²) < 4.78 is 13.3. The summed E-state index contributed by atoms with van der Waals surface area (Å²) in [5.41, 5.74) is 1.23. The SMILES string of the molecule is Cc1ccc(F)cc1C(=O)N1CC2CCC(O)C2C1. The lowest BCUT2D eigenvalue weighted by Crippen LogP contribution is -2.31. The van der Waals surface area contributed by atoms with Crippen molar-refractivity contribution in [2.24, 2.45) is 11.8 Å². The fraction of sp³-hybridized carbons (Fsp3) is 0.533. The molecule has 0 radical (unpaired) electrons. The Hall–Kier alpha value is -1.42. The number of aryl methyl sites for hydroxylation is 1. The summed E-state index contributed by atoms with van der Waals surface area (Å²) in [5.74, 6) is 0.123. The standard InChI is InChI=1S/C15H18FNO2/c1-9-2-4-11(16)6-12(9)15(19)17-7-10-3-5-14(18)13(10)8-17/h2,4,6,10,13-14,18H,3,5,7-8H2,1H3. The van der Waals surface area contributed by atoms with Crippen molar-refractivity contribution in [2.45, 2.75) is 25.9 Å². The van der Waals surface area contributed by atoms with Gasteiger partial charge in [-0.05, 0) is 43.4 Å². The molecule has 3 unspecified atom stereocenters. The van der Waals surface area contributed by atoms with Crippen molar-refractivity contribution >= 4 is 5.91 Å². The molecular weight excluding hydrogens is 245 g/mol. The molecule has 0 aromatic heterocycles. The van der Waals surface area contributed by atoms with Crippen LogP contribution in [0.5, 0.6) is 0 Å². The lowest BCUT2D eigenvalue weighted by atomic mass is 10.00. The minimum Gasteiger partial charge on any atom is -0.393 e. The van der Waals surface area contributed by atoms with E-state index in [2.05, 4.69) is 0 Å². The summed E-state index contributed by atoms with van der Waals surface area (Å²) in [4.78, 5) is 14.2. The molecule has 1 saturated heterocycles. The van der Waals surface area contributed by atoms with Gasteiger partial charge < -0.3 is 10.0 Å². The molecule has 19 heavy (non-hydrogen) atoms. The molecule has 1 aromatic rings. The molecule has 3 nitrogen and oxygen atoms in total. The number of carbonyl (C=O) groups is 1. The number of carbonyl (C=O) groups excluding carboxylic acids is 1. The van der Waals surface area contributed by atoms with Gasteiger partial charge in [-0.2, -0.15) is 0 Å². The van der Waals surface area contributed by atoms with E-state index in [1.165, 1.54) is 12.1 Å². The molecule has 4 heteroatoms. The highest BCUT2D eigenvalue weighted by molar-refractivity contribution is 5.95. The van der Waals surface area contributed by atoms with Crippen LogP contribution in [0.3, 0.4) is 0 Å². The van der Waals surface area contributed by atoms with Gasteiger partial charge in [-0.25, -0.2) is 4.39 Å². The number of aliphatic hydroxyl groups is 1. The van der Waals surface area contributed by atoms with Crippen LogP contribution in [-0.2, 0) is 0 Å². The second-order valence-electron chi connectivity index (χ2n) is 5.74. The molecule has 1 aromatic carbocycles. The number of hydrogen-bond acceptors (Lipinski definition) is 2. The van der Waals surface area contributed by atoms with Crippen molar-refractivity contribution in [3.63, 3.8) is 0 Å². The molecule has 3 atom stereocenters. The summed E-state index contributed by atoms with van der Waals surface area (Å²) in [6.45, 7) is 3.11. The molecule has 102 valence electrons. The van der Waals surface area contributed by atoms with Gasteiger partial charge in [0.15, 0.2) is 0 Å².